The Bertz CT molecular complexity index is 372. The Morgan fingerprint density at radius 2 is 2.29 bits per heavy atom. The van der Waals surface area contributed by atoms with E-state index >= 15 is 0 Å². The lowest BCUT2D eigenvalue weighted by Gasteiger charge is -2.09. The van der Waals surface area contributed by atoms with Crippen molar-refractivity contribution in [2.45, 2.75) is 32.1 Å². The average Bonchev–Trinajstić information content (AvgIpc) is 3.00. The Morgan fingerprint density at radius 3 is 2.94 bits per heavy atom. The lowest BCUT2D eigenvalue weighted by Crippen LogP contribution is -2.30. The molecule has 1 aromatic heterocycles. The van der Waals surface area contributed by atoms with Crippen molar-refractivity contribution >= 4 is 22.4 Å². The van der Waals surface area contributed by atoms with Crippen molar-refractivity contribution in [2.24, 2.45) is 5.92 Å². The Hall–Kier alpha value is -1.10. The van der Waals surface area contributed by atoms with Crippen molar-refractivity contribution < 1.29 is 4.79 Å². The van der Waals surface area contributed by atoms with Gasteiger partial charge in [0.05, 0.1) is 5.69 Å². The number of hydrogen-bond acceptors (Lipinski definition) is 4. The predicted octanol–water partition coefficient (Wildman–Crippen LogP) is 2.03. The fourth-order valence-electron chi connectivity index (χ4n) is 2.18. The van der Waals surface area contributed by atoms with Gasteiger partial charge in [-0.1, -0.05) is 12.8 Å². The van der Waals surface area contributed by atoms with Crippen LogP contribution in [0, 0.1) is 5.92 Å². The normalized spacial score (nSPS) is 16.1. The van der Waals surface area contributed by atoms with Gasteiger partial charge in [-0.15, -0.1) is 11.3 Å². The number of anilines is 1. The number of carbonyl (C=O) groups is 1. The molecule has 0 unspecified atom stereocenters. The number of thiazole rings is 1. The molecule has 2 N–H and O–H groups in total. The first kappa shape index (κ1) is 12.4. The highest BCUT2D eigenvalue weighted by molar-refractivity contribution is 7.13. The summed E-state index contributed by atoms with van der Waals surface area (Å²) in [6, 6.07) is 0. The first-order valence-electron chi connectivity index (χ1n) is 6.19. The van der Waals surface area contributed by atoms with Crippen molar-refractivity contribution in [3.05, 3.63) is 11.1 Å². The molecule has 5 heteroatoms. The van der Waals surface area contributed by atoms with Crippen LogP contribution in [0.5, 0.6) is 0 Å². The smallest absolute Gasteiger partial charge is 0.223 e. The first-order chi connectivity index (χ1) is 8.29. The zero-order valence-corrected chi connectivity index (χ0v) is 11.0. The van der Waals surface area contributed by atoms with Crippen LogP contribution in [0.2, 0.25) is 0 Å². The number of nitrogens with zero attached hydrogens (tertiary/aromatic N) is 1. The number of amides is 1. The Morgan fingerprint density at radius 1 is 1.53 bits per heavy atom. The van der Waals surface area contributed by atoms with Crippen molar-refractivity contribution in [3.8, 4) is 0 Å². The monoisotopic (exact) mass is 253 g/mol. The van der Waals surface area contributed by atoms with Crippen LogP contribution in [0.25, 0.3) is 0 Å². The van der Waals surface area contributed by atoms with Gasteiger partial charge in [-0.3, -0.25) is 4.79 Å². The maximum Gasteiger partial charge on any atom is 0.223 e. The zero-order chi connectivity index (χ0) is 12.1. The van der Waals surface area contributed by atoms with Crippen molar-refractivity contribution in [1.82, 2.24) is 10.3 Å². The lowest BCUT2D eigenvalue weighted by molar-refractivity contribution is -0.124. The largest absolute Gasteiger partial charge is 0.365 e. The van der Waals surface area contributed by atoms with Crippen LogP contribution < -0.4 is 10.6 Å². The number of hydrogen-bond donors (Lipinski definition) is 2. The summed E-state index contributed by atoms with van der Waals surface area (Å²) in [6.07, 6.45) is 5.35. The second-order valence-corrected chi connectivity index (χ2v) is 5.27. The molecule has 0 spiro atoms. The number of aromatic nitrogens is 1. The van der Waals surface area contributed by atoms with E-state index in [1.807, 2.05) is 12.4 Å². The van der Waals surface area contributed by atoms with Gasteiger partial charge in [-0.25, -0.2) is 4.98 Å². The fraction of sp³-hybridized carbons (Fsp3) is 0.667. The lowest BCUT2D eigenvalue weighted by atomic mass is 10.1. The molecule has 0 saturated heterocycles. The van der Waals surface area contributed by atoms with Crippen LogP contribution in [0.15, 0.2) is 5.38 Å². The Kier molecular flexibility index (Phi) is 4.36. The summed E-state index contributed by atoms with van der Waals surface area (Å²) in [5.74, 6) is 0.491. The molecule has 0 atom stereocenters. The van der Waals surface area contributed by atoms with Crippen LogP contribution in [0.1, 0.15) is 31.4 Å². The molecule has 1 saturated carbocycles. The molecular weight excluding hydrogens is 234 g/mol. The summed E-state index contributed by atoms with van der Waals surface area (Å²) in [5.41, 5.74) is 1.05. The number of carbonyl (C=O) groups excluding carboxylic acids is 1. The highest BCUT2D eigenvalue weighted by atomic mass is 32.1. The van der Waals surface area contributed by atoms with Crippen LogP contribution >= 0.6 is 11.3 Å². The van der Waals surface area contributed by atoms with Crippen molar-refractivity contribution in [2.75, 3.05) is 18.9 Å². The van der Waals surface area contributed by atoms with Gasteiger partial charge in [0.2, 0.25) is 5.91 Å². The molecule has 1 heterocycles. The average molecular weight is 253 g/mol. The minimum atomic E-state index is 0.228. The third kappa shape index (κ3) is 3.43. The highest BCUT2D eigenvalue weighted by Crippen LogP contribution is 2.24. The molecule has 0 aromatic carbocycles. The zero-order valence-electron chi connectivity index (χ0n) is 10.2. The molecule has 17 heavy (non-hydrogen) atoms. The maximum absolute atomic E-state index is 11.8. The molecule has 1 fully saturated rings. The number of rotatable bonds is 5. The van der Waals surface area contributed by atoms with Gasteiger partial charge in [-0.2, -0.15) is 0 Å². The van der Waals surface area contributed by atoms with Crippen LogP contribution in [0.4, 0.5) is 5.13 Å². The predicted molar refractivity (Wildman–Crippen MR) is 70.3 cm³/mol. The van der Waals surface area contributed by atoms with E-state index in [2.05, 4.69) is 15.6 Å². The van der Waals surface area contributed by atoms with Gasteiger partial charge >= 0.3 is 0 Å². The molecule has 94 valence electrons. The van der Waals surface area contributed by atoms with Crippen LogP contribution in [-0.4, -0.2) is 24.5 Å². The van der Waals surface area contributed by atoms with E-state index in [0.29, 0.717) is 6.54 Å². The van der Waals surface area contributed by atoms with E-state index in [9.17, 15) is 4.79 Å². The summed E-state index contributed by atoms with van der Waals surface area (Å²) in [7, 11) is 1.87. The molecule has 1 amide bonds. The van der Waals surface area contributed by atoms with Gasteiger partial charge in [0.25, 0.3) is 0 Å². The van der Waals surface area contributed by atoms with Crippen LogP contribution in [-0.2, 0) is 11.2 Å². The van der Waals surface area contributed by atoms with E-state index < -0.39 is 0 Å². The molecule has 1 aliphatic carbocycles. The molecule has 4 nitrogen and oxygen atoms in total. The van der Waals surface area contributed by atoms with E-state index in [0.717, 1.165) is 30.1 Å². The standard InChI is InChI=1S/C12H19N3OS/c1-13-12-15-10(8-17-12)6-7-14-11(16)9-4-2-3-5-9/h8-9H,2-7H2,1H3,(H,13,15)(H,14,16). The Labute approximate surface area is 106 Å². The fourth-order valence-corrected chi connectivity index (χ4v) is 2.89. The quantitative estimate of drug-likeness (QED) is 0.844. The molecule has 0 bridgehead atoms. The van der Waals surface area contributed by atoms with Gasteiger partial charge in [-0.05, 0) is 12.8 Å². The highest BCUT2D eigenvalue weighted by Gasteiger charge is 2.21. The Balaban J connectivity index is 1.69. The van der Waals surface area contributed by atoms with Crippen molar-refractivity contribution in [1.29, 1.82) is 0 Å². The third-order valence-corrected chi connectivity index (χ3v) is 4.08. The molecule has 1 aromatic rings. The van der Waals surface area contributed by atoms with E-state index in [1.165, 1.54) is 12.8 Å². The van der Waals surface area contributed by atoms with E-state index in [4.69, 9.17) is 0 Å². The van der Waals surface area contributed by atoms with Gasteiger partial charge < -0.3 is 10.6 Å². The van der Waals surface area contributed by atoms with Gasteiger partial charge in [0.15, 0.2) is 5.13 Å². The van der Waals surface area contributed by atoms with Crippen LogP contribution in [0.3, 0.4) is 0 Å². The SMILES string of the molecule is CNc1nc(CCNC(=O)C2CCCC2)cs1. The molecule has 1 aliphatic rings. The summed E-state index contributed by atoms with van der Waals surface area (Å²) >= 11 is 1.60. The maximum atomic E-state index is 11.8. The van der Waals surface area contributed by atoms with Crippen molar-refractivity contribution in [3.63, 3.8) is 0 Å². The van der Waals surface area contributed by atoms with Gasteiger partial charge in [0.1, 0.15) is 0 Å². The first-order valence-corrected chi connectivity index (χ1v) is 7.07. The summed E-state index contributed by atoms with van der Waals surface area (Å²) in [4.78, 5) is 16.1. The van der Waals surface area contributed by atoms with Gasteiger partial charge in [0, 0.05) is 31.3 Å². The summed E-state index contributed by atoms with van der Waals surface area (Å²) in [5, 5.41) is 8.98. The number of nitrogens with one attached hydrogen (secondary N) is 2. The molecule has 2 rings (SSSR count). The topological polar surface area (TPSA) is 54.0 Å². The van der Waals surface area contributed by atoms with E-state index in [-0.39, 0.29) is 11.8 Å². The summed E-state index contributed by atoms with van der Waals surface area (Å²) < 4.78 is 0. The summed E-state index contributed by atoms with van der Waals surface area (Å²) in [6.45, 7) is 0.697. The third-order valence-electron chi connectivity index (χ3n) is 3.17. The van der Waals surface area contributed by atoms with E-state index in [1.54, 1.807) is 11.3 Å². The second-order valence-electron chi connectivity index (χ2n) is 4.42. The minimum absolute atomic E-state index is 0.228. The minimum Gasteiger partial charge on any atom is -0.365 e. The molecule has 0 radical (unpaired) electrons. The second kappa shape index (κ2) is 6.00. The molecular formula is C12H19N3OS. The molecule has 0 aliphatic heterocycles.